The van der Waals surface area contributed by atoms with Gasteiger partial charge in [0.2, 0.25) is 0 Å². The van der Waals surface area contributed by atoms with Crippen molar-refractivity contribution in [3.63, 3.8) is 0 Å². The molecule has 21 heavy (non-hydrogen) atoms. The predicted octanol–water partition coefficient (Wildman–Crippen LogP) is 2.66. The molecular formula is C15H11FN4O. The number of nitrogens with zero attached hydrogens (tertiary/aromatic N) is 3. The van der Waals surface area contributed by atoms with Crippen molar-refractivity contribution in [2.45, 2.75) is 6.04 Å². The van der Waals surface area contributed by atoms with Crippen molar-refractivity contribution in [2.24, 2.45) is 5.73 Å². The molecule has 1 aromatic carbocycles. The minimum Gasteiger partial charge on any atom is -0.459 e. The molecule has 0 amide bonds. The van der Waals surface area contributed by atoms with E-state index in [2.05, 4.69) is 10.1 Å². The second-order valence-electron chi connectivity index (χ2n) is 4.81. The Hall–Kier alpha value is -2.73. The Bertz CT molecular complexity index is 943. The van der Waals surface area contributed by atoms with E-state index in [9.17, 15) is 4.39 Å². The van der Waals surface area contributed by atoms with Crippen LogP contribution in [-0.4, -0.2) is 14.6 Å². The van der Waals surface area contributed by atoms with E-state index in [1.165, 1.54) is 12.1 Å². The van der Waals surface area contributed by atoms with Gasteiger partial charge >= 0.3 is 0 Å². The number of furan rings is 1. The normalized spacial score (nSPS) is 13.0. The SMILES string of the molecule is NC(c1cc2cc(F)ccc2o1)c1cnn2ccncc12. The van der Waals surface area contributed by atoms with Crippen molar-refractivity contribution in [2.75, 3.05) is 0 Å². The zero-order valence-corrected chi connectivity index (χ0v) is 10.9. The molecule has 0 aliphatic heterocycles. The summed E-state index contributed by atoms with van der Waals surface area (Å²) in [5.41, 5.74) is 8.49. The molecule has 0 aliphatic carbocycles. The van der Waals surface area contributed by atoms with Crippen LogP contribution in [-0.2, 0) is 0 Å². The number of nitrogens with two attached hydrogens (primary N) is 1. The number of rotatable bonds is 2. The fourth-order valence-corrected chi connectivity index (χ4v) is 2.43. The predicted molar refractivity (Wildman–Crippen MR) is 75.2 cm³/mol. The summed E-state index contributed by atoms with van der Waals surface area (Å²) in [6.07, 6.45) is 6.79. The topological polar surface area (TPSA) is 69.3 Å². The van der Waals surface area contributed by atoms with Gasteiger partial charge < -0.3 is 10.2 Å². The molecule has 1 unspecified atom stereocenters. The Labute approximate surface area is 118 Å². The zero-order chi connectivity index (χ0) is 14.4. The van der Waals surface area contributed by atoms with Gasteiger partial charge in [0.15, 0.2) is 0 Å². The van der Waals surface area contributed by atoms with Crippen molar-refractivity contribution >= 4 is 16.5 Å². The summed E-state index contributed by atoms with van der Waals surface area (Å²) in [7, 11) is 0. The largest absolute Gasteiger partial charge is 0.459 e. The summed E-state index contributed by atoms with van der Waals surface area (Å²) < 4.78 is 20.6. The number of hydrogen-bond donors (Lipinski definition) is 1. The van der Waals surface area contributed by atoms with E-state index < -0.39 is 6.04 Å². The van der Waals surface area contributed by atoms with E-state index in [-0.39, 0.29) is 5.82 Å². The minimum absolute atomic E-state index is 0.302. The number of aromatic nitrogens is 3. The van der Waals surface area contributed by atoms with Crippen LogP contribution in [0.3, 0.4) is 0 Å². The Kier molecular flexibility index (Phi) is 2.52. The second-order valence-corrected chi connectivity index (χ2v) is 4.81. The standard InChI is InChI=1S/C15H11FN4O/c16-10-1-2-13-9(5-10)6-14(21-13)15(17)11-7-19-20-4-3-18-8-12(11)20/h1-8,15H,17H2. The lowest BCUT2D eigenvalue weighted by atomic mass is 10.1. The van der Waals surface area contributed by atoms with Gasteiger partial charge in [-0.2, -0.15) is 5.10 Å². The average molecular weight is 282 g/mol. The number of halogens is 1. The molecule has 0 fully saturated rings. The summed E-state index contributed by atoms with van der Waals surface area (Å²) in [6, 6.07) is 5.65. The lowest BCUT2D eigenvalue weighted by Crippen LogP contribution is -2.10. The van der Waals surface area contributed by atoms with E-state index in [0.717, 1.165) is 11.1 Å². The molecule has 0 bridgehead atoms. The maximum absolute atomic E-state index is 13.2. The average Bonchev–Trinajstić information content (AvgIpc) is 3.09. The second kappa shape index (κ2) is 4.39. The molecule has 1 atom stereocenters. The van der Waals surface area contributed by atoms with Crippen molar-refractivity contribution in [1.29, 1.82) is 0 Å². The van der Waals surface area contributed by atoms with E-state index in [0.29, 0.717) is 16.7 Å². The molecule has 3 aromatic heterocycles. The van der Waals surface area contributed by atoms with Crippen LogP contribution in [0.15, 0.2) is 53.5 Å². The van der Waals surface area contributed by atoms with Crippen LogP contribution in [0.4, 0.5) is 4.39 Å². The fraction of sp³-hybridized carbons (Fsp3) is 0.0667. The molecule has 104 valence electrons. The third-order valence-corrected chi connectivity index (χ3v) is 3.49. The Morgan fingerprint density at radius 1 is 1.24 bits per heavy atom. The quantitative estimate of drug-likeness (QED) is 0.613. The van der Waals surface area contributed by atoms with Crippen molar-refractivity contribution in [1.82, 2.24) is 14.6 Å². The summed E-state index contributed by atoms with van der Waals surface area (Å²) in [6.45, 7) is 0. The van der Waals surface area contributed by atoms with Crippen molar-refractivity contribution in [3.05, 3.63) is 66.2 Å². The first-order valence-corrected chi connectivity index (χ1v) is 6.44. The molecule has 0 saturated carbocycles. The van der Waals surface area contributed by atoms with E-state index in [4.69, 9.17) is 10.2 Å². The molecule has 5 nitrogen and oxygen atoms in total. The molecular weight excluding hydrogens is 271 g/mol. The third kappa shape index (κ3) is 1.88. The van der Waals surface area contributed by atoms with Gasteiger partial charge in [0.05, 0.1) is 24.0 Å². The highest BCUT2D eigenvalue weighted by molar-refractivity contribution is 5.78. The number of benzene rings is 1. The van der Waals surface area contributed by atoms with Gasteiger partial charge in [-0.25, -0.2) is 8.91 Å². The molecule has 4 rings (SSSR count). The molecule has 0 radical (unpaired) electrons. The van der Waals surface area contributed by atoms with Crippen LogP contribution < -0.4 is 5.73 Å². The number of hydrogen-bond acceptors (Lipinski definition) is 4. The van der Waals surface area contributed by atoms with Gasteiger partial charge in [-0.15, -0.1) is 0 Å². The van der Waals surface area contributed by atoms with Crippen LogP contribution in [0, 0.1) is 5.82 Å². The van der Waals surface area contributed by atoms with Crippen molar-refractivity contribution < 1.29 is 8.81 Å². The highest BCUT2D eigenvalue weighted by Crippen LogP contribution is 2.28. The van der Waals surface area contributed by atoms with Gasteiger partial charge in [0, 0.05) is 23.3 Å². The molecule has 4 aromatic rings. The van der Waals surface area contributed by atoms with Crippen LogP contribution in [0.25, 0.3) is 16.5 Å². The van der Waals surface area contributed by atoms with Crippen LogP contribution >= 0.6 is 0 Å². The fourth-order valence-electron chi connectivity index (χ4n) is 2.43. The monoisotopic (exact) mass is 282 g/mol. The highest BCUT2D eigenvalue weighted by atomic mass is 19.1. The van der Waals surface area contributed by atoms with Gasteiger partial charge in [0.1, 0.15) is 17.2 Å². The Balaban J connectivity index is 1.83. The Morgan fingerprint density at radius 2 is 2.14 bits per heavy atom. The summed E-state index contributed by atoms with van der Waals surface area (Å²) in [4.78, 5) is 4.08. The van der Waals surface area contributed by atoms with Gasteiger partial charge in [-0.3, -0.25) is 4.98 Å². The molecule has 0 saturated heterocycles. The lowest BCUT2D eigenvalue weighted by Gasteiger charge is -2.06. The lowest BCUT2D eigenvalue weighted by molar-refractivity contribution is 0.525. The van der Waals surface area contributed by atoms with E-state index >= 15 is 0 Å². The first kappa shape index (κ1) is 12.0. The van der Waals surface area contributed by atoms with E-state index in [1.807, 2.05) is 0 Å². The summed E-state index contributed by atoms with van der Waals surface area (Å²) in [5.74, 6) is 0.262. The molecule has 0 aliphatic rings. The zero-order valence-electron chi connectivity index (χ0n) is 10.9. The minimum atomic E-state index is -0.484. The summed E-state index contributed by atoms with van der Waals surface area (Å²) >= 11 is 0. The molecule has 0 spiro atoms. The van der Waals surface area contributed by atoms with Crippen LogP contribution in [0.2, 0.25) is 0 Å². The smallest absolute Gasteiger partial charge is 0.134 e. The first-order valence-electron chi connectivity index (χ1n) is 6.44. The van der Waals surface area contributed by atoms with Gasteiger partial charge in [-0.05, 0) is 24.3 Å². The van der Waals surface area contributed by atoms with Crippen LogP contribution in [0.1, 0.15) is 17.4 Å². The molecule has 2 N–H and O–H groups in total. The van der Waals surface area contributed by atoms with Gasteiger partial charge in [-0.1, -0.05) is 0 Å². The molecule has 3 heterocycles. The highest BCUT2D eigenvalue weighted by Gasteiger charge is 2.18. The molecule has 6 heteroatoms. The van der Waals surface area contributed by atoms with E-state index in [1.54, 1.807) is 41.4 Å². The van der Waals surface area contributed by atoms with Crippen LogP contribution in [0.5, 0.6) is 0 Å². The first-order chi connectivity index (χ1) is 10.2. The summed E-state index contributed by atoms with van der Waals surface area (Å²) in [5, 5.41) is 4.92. The third-order valence-electron chi connectivity index (χ3n) is 3.49. The maximum Gasteiger partial charge on any atom is 0.134 e. The van der Waals surface area contributed by atoms with Gasteiger partial charge in [0.25, 0.3) is 0 Å². The maximum atomic E-state index is 13.2. The number of fused-ring (bicyclic) bond motifs is 2. The Morgan fingerprint density at radius 3 is 3.05 bits per heavy atom. The van der Waals surface area contributed by atoms with Crippen molar-refractivity contribution in [3.8, 4) is 0 Å².